The van der Waals surface area contributed by atoms with Gasteiger partial charge >= 0.3 is 0 Å². The van der Waals surface area contributed by atoms with Crippen LogP contribution in [0.15, 0.2) is 22.9 Å². The van der Waals surface area contributed by atoms with Crippen molar-refractivity contribution in [2.75, 3.05) is 13.6 Å². The summed E-state index contributed by atoms with van der Waals surface area (Å²) in [5.74, 6) is 0.00632. The van der Waals surface area contributed by atoms with Gasteiger partial charge in [0.25, 0.3) is 5.91 Å². The number of amides is 1. The maximum atomic E-state index is 11.8. The Morgan fingerprint density at radius 1 is 1.64 bits per heavy atom. The van der Waals surface area contributed by atoms with Crippen LogP contribution in [0.5, 0.6) is 0 Å². The molecule has 0 N–H and O–H groups in total. The molecule has 0 aliphatic rings. The van der Waals surface area contributed by atoms with Gasteiger partial charge in [-0.25, -0.2) is 4.98 Å². The summed E-state index contributed by atoms with van der Waals surface area (Å²) in [6, 6.07) is 3.53. The number of hydrogen-bond acceptors (Lipinski definition) is 2. The zero-order valence-electron chi connectivity index (χ0n) is 8.33. The molecule has 0 unspecified atom stereocenters. The van der Waals surface area contributed by atoms with E-state index in [1.165, 1.54) is 0 Å². The van der Waals surface area contributed by atoms with E-state index in [-0.39, 0.29) is 5.91 Å². The molecule has 0 aliphatic heterocycles. The van der Waals surface area contributed by atoms with Gasteiger partial charge in [0.15, 0.2) is 0 Å². The van der Waals surface area contributed by atoms with E-state index in [0.717, 1.165) is 13.0 Å². The van der Waals surface area contributed by atoms with Crippen molar-refractivity contribution in [3.05, 3.63) is 28.5 Å². The first-order chi connectivity index (χ1) is 6.66. The largest absolute Gasteiger partial charge is 0.342 e. The highest BCUT2D eigenvalue weighted by atomic mass is 79.9. The lowest BCUT2D eigenvalue weighted by Crippen LogP contribution is -2.27. The first-order valence-electron chi connectivity index (χ1n) is 4.52. The number of rotatable bonds is 3. The van der Waals surface area contributed by atoms with Gasteiger partial charge in [-0.2, -0.15) is 0 Å². The van der Waals surface area contributed by atoms with Gasteiger partial charge in [-0.15, -0.1) is 0 Å². The topological polar surface area (TPSA) is 33.2 Å². The Balaban J connectivity index is 2.84. The van der Waals surface area contributed by atoms with Crippen molar-refractivity contribution in [1.82, 2.24) is 9.88 Å². The normalized spacial score (nSPS) is 9.93. The molecular formula is C10H13BrN2O. The summed E-state index contributed by atoms with van der Waals surface area (Å²) >= 11 is 3.26. The molecule has 1 rings (SSSR count). The maximum Gasteiger partial charge on any atom is 0.256 e. The van der Waals surface area contributed by atoms with Crippen LogP contribution in [0.3, 0.4) is 0 Å². The number of carbonyl (C=O) groups excluding carboxylic acids is 1. The summed E-state index contributed by atoms with van der Waals surface area (Å²) in [5, 5.41) is 0. The Labute approximate surface area is 92.3 Å². The molecule has 3 nitrogen and oxygen atoms in total. The van der Waals surface area contributed by atoms with Crippen molar-refractivity contribution in [2.24, 2.45) is 0 Å². The van der Waals surface area contributed by atoms with E-state index in [2.05, 4.69) is 20.9 Å². The third-order valence-electron chi connectivity index (χ3n) is 1.90. The highest BCUT2D eigenvalue weighted by Gasteiger charge is 2.13. The molecule has 76 valence electrons. The molecule has 14 heavy (non-hydrogen) atoms. The number of pyridine rings is 1. The van der Waals surface area contributed by atoms with Gasteiger partial charge in [0.1, 0.15) is 4.60 Å². The average Bonchev–Trinajstić information content (AvgIpc) is 2.18. The van der Waals surface area contributed by atoms with Crippen LogP contribution in [0.4, 0.5) is 0 Å². The summed E-state index contributed by atoms with van der Waals surface area (Å²) in [5.41, 5.74) is 0.614. The molecule has 1 amide bonds. The molecule has 0 atom stereocenters. The van der Waals surface area contributed by atoms with Crippen molar-refractivity contribution in [3.63, 3.8) is 0 Å². The third kappa shape index (κ3) is 2.54. The van der Waals surface area contributed by atoms with Gasteiger partial charge < -0.3 is 4.90 Å². The van der Waals surface area contributed by atoms with Crippen LogP contribution in [0, 0.1) is 0 Å². The second-order valence-electron chi connectivity index (χ2n) is 3.07. The fourth-order valence-corrected chi connectivity index (χ4v) is 1.61. The summed E-state index contributed by atoms with van der Waals surface area (Å²) in [7, 11) is 1.80. The minimum atomic E-state index is 0.00632. The van der Waals surface area contributed by atoms with E-state index in [9.17, 15) is 4.79 Å². The van der Waals surface area contributed by atoms with Crippen molar-refractivity contribution in [2.45, 2.75) is 13.3 Å². The summed E-state index contributed by atoms with van der Waals surface area (Å²) in [6.07, 6.45) is 2.61. The van der Waals surface area contributed by atoms with Crippen LogP contribution in [0.1, 0.15) is 23.7 Å². The molecule has 1 heterocycles. The van der Waals surface area contributed by atoms with E-state index in [1.807, 2.05) is 6.92 Å². The fourth-order valence-electron chi connectivity index (χ4n) is 1.19. The number of nitrogens with zero attached hydrogens (tertiary/aromatic N) is 2. The lowest BCUT2D eigenvalue weighted by Gasteiger charge is -2.16. The van der Waals surface area contributed by atoms with Gasteiger partial charge in [-0.05, 0) is 34.5 Å². The van der Waals surface area contributed by atoms with Gasteiger partial charge in [0.05, 0.1) is 5.56 Å². The van der Waals surface area contributed by atoms with Crippen molar-refractivity contribution in [1.29, 1.82) is 0 Å². The number of halogens is 1. The van der Waals surface area contributed by atoms with Gasteiger partial charge in [0.2, 0.25) is 0 Å². The first-order valence-corrected chi connectivity index (χ1v) is 5.32. The zero-order valence-corrected chi connectivity index (χ0v) is 9.91. The first kappa shape index (κ1) is 11.2. The lowest BCUT2D eigenvalue weighted by molar-refractivity contribution is 0.0793. The van der Waals surface area contributed by atoms with E-state index >= 15 is 0 Å². The molecule has 0 saturated carbocycles. The van der Waals surface area contributed by atoms with Crippen molar-refractivity contribution in [3.8, 4) is 0 Å². The molecule has 1 aromatic rings. The van der Waals surface area contributed by atoms with Crippen molar-refractivity contribution < 1.29 is 4.79 Å². The molecular weight excluding hydrogens is 244 g/mol. The van der Waals surface area contributed by atoms with Crippen LogP contribution in [0.2, 0.25) is 0 Å². The number of carbonyl (C=O) groups is 1. The van der Waals surface area contributed by atoms with E-state index in [4.69, 9.17) is 0 Å². The molecule has 0 aliphatic carbocycles. The number of aromatic nitrogens is 1. The Hall–Kier alpha value is -0.900. The van der Waals surface area contributed by atoms with Gasteiger partial charge in [0, 0.05) is 19.8 Å². The minimum absolute atomic E-state index is 0.00632. The SMILES string of the molecule is CCCN(C)C(=O)c1cccnc1Br. The Morgan fingerprint density at radius 3 is 2.93 bits per heavy atom. The Kier molecular flexibility index (Phi) is 4.07. The standard InChI is InChI=1S/C10H13BrN2O/c1-3-7-13(2)10(14)8-5-4-6-12-9(8)11/h4-6H,3,7H2,1-2H3. The molecule has 4 heteroatoms. The predicted molar refractivity (Wildman–Crippen MR) is 59.2 cm³/mol. The second kappa shape index (κ2) is 5.10. The molecule has 0 saturated heterocycles. The fraction of sp³-hybridized carbons (Fsp3) is 0.400. The monoisotopic (exact) mass is 256 g/mol. The third-order valence-corrected chi connectivity index (χ3v) is 2.53. The summed E-state index contributed by atoms with van der Waals surface area (Å²) in [6.45, 7) is 2.81. The predicted octanol–water partition coefficient (Wildman–Crippen LogP) is 2.33. The minimum Gasteiger partial charge on any atom is -0.342 e. The van der Waals surface area contributed by atoms with Crippen LogP contribution in [0.25, 0.3) is 0 Å². The van der Waals surface area contributed by atoms with Crippen molar-refractivity contribution >= 4 is 21.8 Å². The smallest absolute Gasteiger partial charge is 0.256 e. The lowest BCUT2D eigenvalue weighted by atomic mass is 10.2. The van der Waals surface area contributed by atoms with E-state index < -0.39 is 0 Å². The molecule has 0 radical (unpaired) electrons. The Bertz CT molecular complexity index is 328. The molecule has 1 aromatic heterocycles. The zero-order chi connectivity index (χ0) is 10.6. The highest BCUT2D eigenvalue weighted by molar-refractivity contribution is 9.10. The van der Waals surface area contributed by atoms with Gasteiger partial charge in [-0.3, -0.25) is 4.79 Å². The van der Waals surface area contributed by atoms with Gasteiger partial charge in [-0.1, -0.05) is 6.92 Å². The van der Waals surface area contributed by atoms with Crippen LogP contribution >= 0.6 is 15.9 Å². The Morgan fingerprint density at radius 2 is 2.36 bits per heavy atom. The highest BCUT2D eigenvalue weighted by Crippen LogP contribution is 2.14. The summed E-state index contributed by atoms with van der Waals surface area (Å²) < 4.78 is 0.605. The molecule has 0 aromatic carbocycles. The van der Waals surface area contributed by atoms with Crippen LogP contribution in [-0.4, -0.2) is 29.4 Å². The van der Waals surface area contributed by atoms with E-state index in [1.54, 1.807) is 30.3 Å². The van der Waals surface area contributed by atoms with Crippen LogP contribution in [-0.2, 0) is 0 Å². The molecule has 0 fully saturated rings. The molecule has 0 bridgehead atoms. The van der Waals surface area contributed by atoms with E-state index in [0.29, 0.717) is 10.2 Å². The summed E-state index contributed by atoms with van der Waals surface area (Å²) in [4.78, 5) is 17.5. The average molecular weight is 257 g/mol. The maximum absolute atomic E-state index is 11.8. The quantitative estimate of drug-likeness (QED) is 0.778. The second-order valence-corrected chi connectivity index (χ2v) is 3.82. The number of hydrogen-bond donors (Lipinski definition) is 0. The van der Waals surface area contributed by atoms with Crippen LogP contribution < -0.4 is 0 Å². The molecule has 0 spiro atoms.